The molecule has 0 heterocycles. The number of amides is 1. The Labute approximate surface area is 278 Å². The summed E-state index contributed by atoms with van der Waals surface area (Å²) in [4.78, 5) is 48.7. The summed E-state index contributed by atoms with van der Waals surface area (Å²) in [5.74, 6) is 0.0576. The molecule has 1 atom stereocenters. The van der Waals surface area contributed by atoms with Gasteiger partial charge in [-0.3, -0.25) is 19.2 Å². The standard InChI is InChI=1S/C30H57NO8S3Si/c1-5-29(6-2,22-38-25(32)10-16-40)13-15-36-20-24(30(7-3,8-4)23-39-26(33)11-17-41)21-37-27(34)12-18-42-28(35)31-14-9-19-43/h24,40-41H,5-23H2,1-4,43H3,(H,31,35). The molecule has 252 valence electrons. The molecule has 1 amide bonds. The number of thiol groups is 2. The van der Waals surface area contributed by atoms with Crippen LogP contribution in [-0.2, 0) is 33.3 Å². The van der Waals surface area contributed by atoms with Crippen LogP contribution in [0.4, 0.5) is 4.79 Å². The van der Waals surface area contributed by atoms with Gasteiger partial charge in [-0.25, -0.2) is 0 Å². The van der Waals surface area contributed by atoms with Gasteiger partial charge in [0.2, 0.25) is 0 Å². The van der Waals surface area contributed by atoms with Gasteiger partial charge in [-0.2, -0.15) is 25.3 Å². The predicted octanol–water partition coefficient (Wildman–Crippen LogP) is 4.90. The lowest BCUT2D eigenvalue weighted by Crippen LogP contribution is -2.41. The first-order valence-corrected chi connectivity index (χ1v) is 19.4. The number of rotatable bonds is 26. The van der Waals surface area contributed by atoms with Crippen molar-refractivity contribution in [3.63, 3.8) is 0 Å². The number of esters is 3. The molecule has 1 unspecified atom stereocenters. The smallest absolute Gasteiger partial charge is 0.306 e. The molecule has 0 fully saturated rings. The van der Waals surface area contributed by atoms with Crippen LogP contribution in [0.15, 0.2) is 0 Å². The Morgan fingerprint density at radius 2 is 1.40 bits per heavy atom. The first kappa shape index (κ1) is 42.1. The highest BCUT2D eigenvalue weighted by atomic mass is 32.2. The minimum absolute atomic E-state index is 0.121. The molecular formula is C30H57NO8S3Si. The molecule has 0 aromatic carbocycles. The zero-order chi connectivity index (χ0) is 32.6. The van der Waals surface area contributed by atoms with Gasteiger partial charge in [0, 0.05) is 57.4 Å². The van der Waals surface area contributed by atoms with Crippen LogP contribution in [0.2, 0.25) is 6.04 Å². The second-order valence-electron chi connectivity index (χ2n) is 10.9. The fourth-order valence-electron chi connectivity index (χ4n) is 4.64. The van der Waals surface area contributed by atoms with Gasteiger partial charge in [-0.15, -0.1) is 0 Å². The number of carbonyl (C=O) groups is 4. The lowest BCUT2D eigenvalue weighted by atomic mass is 9.72. The van der Waals surface area contributed by atoms with Gasteiger partial charge in [0.15, 0.2) is 0 Å². The minimum atomic E-state index is -0.446. The van der Waals surface area contributed by atoms with Crippen molar-refractivity contribution in [2.45, 2.75) is 91.5 Å². The van der Waals surface area contributed by atoms with Crippen molar-refractivity contribution in [2.75, 3.05) is 56.8 Å². The number of ether oxygens (including phenoxy) is 4. The molecule has 0 bridgehead atoms. The van der Waals surface area contributed by atoms with Crippen molar-refractivity contribution < 1.29 is 38.1 Å². The maximum absolute atomic E-state index is 12.6. The third-order valence-electron chi connectivity index (χ3n) is 8.35. The van der Waals surface area contributed by atoms with E-state index in [2.05, 4.69) is 44.4 Å². The van der Waals surface area contributed by atoms with Crippen LogP contribution < -0.4 is 5.32 Å². The van der Waals surface area contributed by atoms with Crippen molar-refractivity contribution in [1.29, 1.82) is 0 Å². The Morgan fingerprint density at radius 1 is 0.814 bits per heavy atom. The molecule has 0 saturated heterocycles. The van der Waals surface area contributed by atoms with Crippen LogP contribution in [0.5, 0.6) is 0 Å². The van der Waals surface area contributed by atoms with Gasteiger partial charge in [0.25, 0.3) is 5.24 Å². The number of thioether (sulfide) groups is 1. The van der Waals surface area contributed by atoms with Crippen LogP contribution in [0, 0.1) is 16.7 Å². The average molecular weight is 684 g/mol. The molecule has 0 aliphatic heterocycles. The summed E-state index contributed by atoms with van der Waals surface area (Å²) in [6.45, 7) is 10.3. The first-order chi connectivity index (χ1) is 20.6. The molecule has 0 saturated carbocycles. The van der Waals surface area contributed by atoms with Gasteiger partial charge < -0.3 is 24.3 Å². The van der Waals surface area contributed by atoms with Gasteiger partial charge in [-0.1, -0.05) is 45.5 Å². The third-order valence-corrected chi connectivity index (χ3v) is 10.3. The minimum Gasteiger partial charge on any atom is -0.465 e. The molecule has 0 aliphatic rings. The van der Waals surface area contributed by atoms with E-state index in [1.54, 1.807) is 0 Å². The van der Waals surface area contributed by atoms with E-state index >= 15 is 0 Å². The Balaban J connectivity index is 5.34. The van der Waals surface area contributed by atoms with Crippen LogP contribution >= 0.6 is 37.0 Å². The van der Waals surface area contributed by atoms with E-state index in [1.807, 2.05) is 13.8 Å². The number of carbonyl (C=O) groups excluding carboxylic acids is 4. The van der Waals surface area contributed by atoms with Crippen molar-refractivity contribution >= 4 is 70.4 Å². The summed E-state index contributed by atoms with van der Waals surface area (Å²) in [5.41, 5.74) is -0.635. The second-order valence-corrected chi connectivity index (χ2v) is 13.9. The third kappa shape index (κ3) is 18.0. The summed E-state index contributed by atoms with van der Waals surface area (Å²) >= 11 is 9.32. The lowest BCUT2D eigenvalue weighted by molar-refractivity contribution is -0.156. The molecule has 43 heavy (non-hydrogen) atoms. The molecule has 0 radical (unpaired) electrons. The molecule has 13 heteroatoms. The monoisotopic (exact) mass is 683 g/mol. The van der Waals surface area contributed by atoms with E-state index < -0.39 is 5.41 Å². The first-order valence-electron chi connectivity index (χ1n) is 15.8. The zero-order valence-corrected chi connectivity index (χ0v) is 31.7. The highest BCUT2D eigenvalue weighted by Gasteiger charge is 2.38. The van der Waals surface area contributed by atoms with Crippen molar-refractivity contribution in [2.24, 2.45) is 16.7 Å². The van der Waals surface area contributed by atoms with E-state index in [4.69, 9.17) is 18.9 Å². The van der Waals surface area contributed by atoms with Crippen LogP contribution in [0.1, 0.15) is 85.5 Å². The summed E-state index contributed by atoms with van der Waals surface area (Å²) in [6, 6.07) is 1.14. The lowest BCUT2D eigenvalue weighted by Gasteiger charge is -2.39. The zero-order valence-electron chi connectivity index (χ0n) is 27.1. The molecule has 0 aromatic heterocycles. The summed E-state index contributed by atoms with van der Waals surface area (Å²) in [7, 11) is 1.12. The molecule has 0 aromatic rings. The Morgan fingerprint density at radius 3 is 1.93 bits per heavy atom. The van der Waals surface area contributed by atoms with E-state index in [1.165, 1.54) is 0 Å². The fraction of sp³-hybridized carbons (Fsp3) is 0.867. The van der Waals surface area contributed by atoms with Gasteiger partial charge in [0.05, 0.1) is 45.7 Å². The highest BCUT2D eigenvalue weighted by Crippen LogP contribution is 2.37. The van der Waals surface area contributed by atoms with Crippen molar-refractivity contribution in [3.05, 3.63) is 0 Å². The summed E-state index contributed by atoms with van der Waals surface area (Å²) in [6.07, 6.45) is 5.40. The summed E-state index contributed by atoms with van der Waals surface area (Å²) < 4.78 is 23.1. The van der Waals surface area contributed by atoms with Gasteiger partial charge >= 0.3 is 17.9 Å². The topological polar surface area (TPSA) is 117 Å². The normalized spacial score (nSPS) is 12.5. The molecule has 9 nitrogen and oxygen atoms in total. The van der Waals surface area contributed by atoms with E-state index in [0.29, 0.717) is 62.9 Å². The number of hydrogen-bond acceptors (Lipinski definition) is 11. The van der Waals surface area contributed by atoms with Crippen molar-refractivity contribution in [1.82, 2.24) is 5.32 Å². The maximum atomic E-state index is 12.6. The highest BCUT2D eigenvalue weighted by molar-refractivity contribution is 8.13. The van der Waals surface area contributed by atoms with E-state index in [-0.39, 0.29) is 67.0 Å². The van der Waals surface area contributed by atoms with E-state index in [0.717, 1.165) is 47.3 Å². The van der Waals surface area contributed by atoms with Gasteiger partial charge in [0.1, 0.15) is 0 Å². The van der Waals surface area contributed by atoms with Crippen LogP contribution in [0.25, 0.3) is 0 Å². The molecule has 0 spiro atoms. The summed E-state index contributed by atoms with van der Waals surface area (Å²) in [5, 5.41) is 2.72. The maximum Gasteiger partial charge on any atom is 0.306 e. The quantitative estimate of drug-likeness (QED) is 0.0385. The van der Waals surface area contributed by atoms with Gasteiger partial charge in [-0.05, 0) is 38.5 Å². The molecule has 0 aliphatic carbocycles. The second kappa shape index (κ2) is 25.3. The fourth-order valence-corrected chi connectivity index (χ4v) is 6.02. The largest absolute Gasteiger partial charge is 0.465 e. The van der Waals surface area contributed by atoms with Crippen molar-refractivity contribution in [3.8, 4) is 0 Å². The average Bonchev–Trinajstić information content (AvgIpc) is 3.00. The Kier molecular flexibility index (Phi) is 24.8. The Hall–Kier alpha value is -0.893. The van der Waals surface area contributed by atoms with E-state index in [9.17, 15) is 19.2 Å². The molecule has 1 N–H and O–H groups in total. The van der Waals surface area contributed by atoms with Crippen LogP contribution in [0.3, 0.4) is 0 Å². The molecular weight excluding hydrogens is 627 g/mol. The SMILES string of the molecule is CCC(CC)(CCOCC(COC(=O)CCSC(=O)NCCC[SiH3])C(CC)(CC)COC(=O)CCS)COC(=O)CCS. The number of nitrogens with one attached hydrogen (secondary N) is 1. The predicted molar refractivity (Wildman–Crippen MR) is 185 cm³/mol. The molecule has 0 rings (SSSR count). The Bertz CT molecular complexity index is 797. The number of hydrogen-bond donors (Lipinski definition) is 3. The van der Waals surface area contributed by atoms with Crippen LogP contribution in [-0.4, -0.2) is 90.2 Å².